The SMILES string of the molecule is CC(=O)Nc1ccc(C(=O)COC(=O)c2cccc(-n3cnnn3)c2)cc1. The maximum atomic E-state index is 12.2. The summed E-state index contributed by atoms with van der Waals surface area (Å²) in [5.74, 6) is -1.19. The quantitative estimate of drug-likeness (QED) is 0.521. The number of ether oxygens (including phenoxy) is 1. The highest BCUT2D eigenvalue weighted by Gasteiger charge is 2.13. The molecular formula is C18H15N5O4. The van der Waals surface area contributed by atoms with Crippen molar-refractivity contribution in [1.29, 1.82) is 0 Å². The lowest BCUT2D eigenvalue weighted by atomic mass is 10.1. The lowest BCUT2D eigenvalue weighted by molar-refractivity contribution is -0.114. The number of carbonyl (C=O) groups excluding carboxylic acids is 3. The van der Waals surface area contributed by atoms with Crippen LogP contribution >= 0.6 is 0 Å². The van der Waals surface area contributed by atoms with Crippen LogP contribution in [-0.4, -0.2) is 44.5 Å². The number of hydrogen-bond acceptors (Lipinski definition) is 7. The standard InChI is InChI=1S/C18H15N5O4/c1-12(24)20-15-7-5-13(6-8-15)17(25)10-27-18(26)14-3-2-4-16(9-14)23-11-19-21-22-23/h2-9,11H,10H2,1H3,(H,20,24). The van der Waals surface area contributed by atoms with E-state index in [1.165, 1.54) is 17.9 Å². The Morgan fingerprint density at radius 2 is 1.85 bits per heavy atom. The minimum Gasteiger partial charge on any atom is -0.454 e. The fourth-order valence-electron chi connectivity index (χ4n) is 2.30. The molecular weight excluding hydrogens is 350 g/mol. The number of anilines is 1. The van der Waals surface area contributed by atoms with Crippen molar-refractivity contribution < 1.29 is 19.1 Å². The maximum absolute atomic E-state index is 12.2. The molecule has 0 unspecified atom stereocenters. The Balaban J connectivity index is 1.61. The third kappa shape index (κ3) is 4.60. The van der Waals surface area contributed by atoms with Gasteiger partial charge < -0.3 is 10.1 Å². The van der Waals surface area contributed by atoms with Gasteiger partial charge in [-0.2, -0.15) is 0 Å². The van der Waals surface area contributed by atoms with Crippen molar-refractivity contribution in [3.8, 4) is 5.69 Å². The van der Waals surface area contributed by atoms with Crippen molar-refractivity contribution >= 4 is 23.3 Å². The molecule has 0 atom stereocenters. The Hall–Kier alpha value is -3.88. The van der Waals surface area contributed by atoms with Crippen LogP contribution in [0.4, 0.5) is 5.69 Å². The number of hydrogen-bond donors (Lipinski definition) is 1. The number of nitrogens with one attached hydrogen (secondary N) is 1. The van der Waals surface area contributed by atoms with Crippen molar-refractivity contribution in [3.63, 3.8) is 0 Å². The summed E-state index contributed by atoms with van der Waals surface area (Å²) in [4.78, 5) is 35.4. The van der Waals surface area contributed by atoms with Gasteiger partial charge in [0.25, 0.3) is 0 Å². The number of nitrogens with zero attached hydrogens (tertiary/aromatic N) is 4. The van der Waals surface area contributed by atoms with Crippen LogP contribution in [0.1, 0.15) is 27.6 Å². The molecule has 9 heteroatoms. The Bertz CT molecular complexity index is 968. The second kappa shape index (κ2) is 8.00. The van der Waals surface area contributed by atoms with E-state index in [1.54, 1.807) is 48.5 Å². The molecule has 0 saturated carbocycles. The minimum atomic E-state index is -0.631. The number of aromatic nitrogens is 4. The number of carbonyl (C=O) groups is 3. The van der Waals surface area contributed by atoms with Gasteiger partial charge in [-0.3, -0.25) is 9.59 Å². The summed E-state index contributed by atoms with van der Waals surface area (Å²) in [6, 6.07) is 12.8. The number of ketones is 1. The zero-order valence-electron chi connectivity index (χ0n) is 14.3. The Labute approximate surface area is 154 Å². The van der Waals surface area contributed by atoms with Gasteiger partial charge in [-0.25, -0.2) is 9.48 Å². The lowest BCUT2D eigenvalue weighted by Crippen LogP contribution is -2.14. The van der Waals surface area contributed by atoms with Crippen molar-refractivity contribution in [3.05, 3.63) is 66.0 Å². The van der Waals surface area contributed by atoms with Gasteiger partial charge in [0.05, 0.1) is 11.3 Å². The molecule has 1 heterocycles. The van der Waals surface area contributed by atoms with Crippen LogP contribution < -0.4 is 5.32 Å². The molecule has 0 fully saturated rings. The second-order valence-electron chi connectivity index (χ2n) is 5.56. The van der Waals surface area contributed by atoms with Crippen LogP contribution in [0.5, 0.6) is 0 Å². The van der Waals surface area contributed by atoms with Crippen molar-refractivity contribution in [1.82, 2.24) is 20.2 Å². The van der Waals surface area contributed by atoms with Gasteiger partial charge >= 0.3 is 5.97 Å². The lowest BCUT2D eigenvalue weighted by Gasteiger charge is -2.07. The van der Waals surface area contributed by atoms with Crippen LogP contribution in [0.15, 0.2) is 54.9 Å². The molecule has 3 aromatic rings. The van der Waals surface area contributed by atoms with Crippen LogP contribution in [0.3, 0.4) is 0 Å². The number of esters is 1. The largest absolute Gasteiger partial charge is 0.454 e. The average molecular weight is 365 g/mol. The first-order valence-corrected chi connectivity index (χ1v) is 7.94. The monoisotopic (exact) mass is 365 g/mol. The van der Waals surface area contributed by atoms with Gasteiger partial charge in [0, 0.05) is 18.2 Å². The predicted molar refractivity (Wildman–Crippen MR) is 94.5 cm³/mol. The van der Waals surface area contributed by atoms with Gasteiger partial charge in [0.2, 0.25) is 5.91 Å². The molecule has 3 rings (SSSR count). The van der Waals surface area contributed by atoms with E-state index in [9.17, 15) is 14.4 Å². The van der Waals surface area contributed by atoms with E-state index in [0.717, 1.165) is 0 Å². The zero-order chi connectivity index (χ0) is 19.2. The third-order valence-corrected chi connectivity index (χ3v) is 3.56. The summed E-state index contributed by atoms with van der Waals surface area (Å²) < 4.78 is 6.49. The van der Waals surface area contributed by atoms with E-state index >= 15 is 0 Å². The molecule has 9 nitrogen and oxygen atoms in total. The van der Waals surface area contributed by atoms with E-state index in [4.69, 9.17) is 4.74 Å². The van der Waals surface area contributed by atoms with Gasteiger partial charge in [0.15, 0.2) is 12.4 Å². The molecule has 1 N–H and O–H groups in total. The summed E-state index contributed by atoms with van der Waals surface area (Å²) in [5, 5.41) is 13.4. The Morgan fingerprint density at radius 3 is 2.52 bits per heavy atom. The van der Waals surface area contributed by atoms with E-state index in [2.05, 4.69) is 20.8 Å². The summed E-state index contributed by atoms with van der Waals surface area (Å²) in [6.45, 7) is 1.00. The summed E-state index contributed by atoms with van der Waals surface area (Å²) in [6.07, 6.45) is 1.40. The molecule has 0 radical (unpaired) electrons. The number of amides is 1. The topological polar surface area (TPSA) is 116 Å². The van der Waals surface area contributed by atoms with Crippen molar-refractivity contribution in [2.24, 2.45) is 0 Å². The second-order valence-corrected chi connectivity index (χ2v) is 5.56. The van der Waals surface area contributed by atoms with E-state index in [1.807, 2.05) is 0 Å². The Kier molecular flexibility index (Phi) is 5.31. The Morgan fingerprint density at radius 1 is 1.07 bits per heavy atom. The summed E-state index contributed by atoms with van der Waals surface area (Å²) >= 11 is 0. The molecule has 136 valence electrons. The van der Waals surface area contributed by atoms with E-state index in [-0.39, 0.29) is 17.3 Å². The molecule has 27 heavy (non-hydrogen) atoms. The van der Waals surface area contributed by atoms with Gasteiger partial charge in [-0.15, -0.1) is 5.10 Å². The average Bonchev–Trinajstić information content (AvgIpc) is 3.21. The van der Waals surface area contributed by atoms with E-state index in [0.29, 0.717) is 16.9 Å². The number of rotatable bonds is 6. The number of tetrazole rings is 1. The molecule has 0 bridgehead atoms. The molecule has 2 aromatic carbocycles. The van der Waals surface area contributed by atoms with E-state index < -0.39 is 12.6 Å². The van der Waals surface area contributed by atoms with Gasteiger partial charge in [-0.1, -0.05) is 6.07 Å². The fraction of sp³-hybridized carbons (Fsp3) is 0.111. The minimum absolute atomic E-state index is 0.202. The molecule has 1 aromatic heterocycles. The van der Waals surface area contributed by atoms with Crippen molar-refractivity contribution in [2.45, 2.75) is 6.92 Å². The molecule has 0 saturated heterocycles. The van der Waals surface area contributed by atoms with Crippen LogP contribution in [0.25, 0.3) is 5.69 Å². The summed E-state index contributed by atoms with van der Waals surface area (Å²) in [5.41, 5.74) is 1.82. The highest BCUT2D eigenvalue weighted by Crippen LogP contribution is 2.12. The first-order chi connectivity index (χ1) is 13.0. The van der Waals surface area contributed by atoms with Crippen LogP contribution in [0.2, 0.25) is 0 Å². The zero-order valence-corrected chi connectivity index (χ0v) is 14.3. The van der Waals surface area contributed by atoms with Crippen molar-refractivity contribution in [2.75, 3.05) is 11.9 Å². The smallest absolute Gasteiger partial charge is 0.338 e. The highest BCUT2D eigenvalue weighted by atomic mass is 16.5. The first-order valence-electron chi connectivity index (χ1n) is 7.94. The normalized spacial score (nSPS) is 10.3. The van der Waals surface area contributed by atoms with Crippen LogP contribution in [-0.2, 0) is 9.53 Å². The van der Waals surface area contributed by atoms with Gasteiger partial charge in [0.1, 0.15) is 6.33 Å². The third-order valence-electron chi connectivity index (χ3n) is 3.56. The number of Topliss-reactive ketones (excluding diaryl/α,β-unsaturated/α-hetero) is 1. The maximum Gasteiger partial charge on any atom is 0.338 e. The molecule has 0 aliphatic heterocycles. The first kappa shape index (κ1) is 17.9. The highest BCUT2D eigenvalue weighted by molar-refractivity contribution is 6.00. The fourth-order valence-corrected chi connectivity index (χ4v) is 2.30. The summed E-state index contributed by atoms with van der Waals surface area (Å²) in [7, 11) is 0. The van der Waals surface area contributed by atoms with Crippen LogP contribution in [0, 0.1) is 0 Å². The molecule has 0 spiro atoms. The predicted octanol–water partition coefficient (Wildman–Crippen LogP) is 1.66. The molecule has 0 aliphatic carbocycles. The number of benzene rings is 2. The molecule has 1 amide bonds. The van der Waals surface area contributed by atoms with Gasteiger partial charge in [-0.05, 0) is 52.9 Å². The molecule has 0 aliphatic rings.